The molecule has 0 saturated heterocycles. The van der Waals surface area contributed by atoms with Crippen molar-refractivity contribution in [1.82, 2.24) is 9.97 Å². The number of H-pyrrole nitrogens is 1. The Morgan fingerprint density at radius 1 is 1.23 bits per heavy atom. The molecule has 22 heavy (non-hydrogen) atoms. The fourth-order valence-electron chi connectivity index (χ4n) is 2.22. The highest BCUT2D eigenvalue weighted by molar-refractivity contribution is 9.10. The van der Waals surface area contributed by atoms with E-state index in [0.717, 1.165) is 38.5 Å². The lowest BCUT2D eigenvalue weighted by Gasteiger charge is -1.99. The number of nitrogens with zero attached hydrogens (tertiary/aromatic N) is 1. The number of aromatic amines is 1. The van der Waals surface area contributed by atoms with Gasteiger partial charge in [-0.15, -0.1) is 0 Å². The zero-order chi connectivity index (χ0) is 15.5. The highest BCUT2D eigenvalue weighted by Crippen LogP contribution is 2.19. The van der Waals surface area contributed by atoms with Gasteiger partial charge in [-0.3, -0.25) is 0 Å². The lowest BCUT2D eigenvalue weighted by molar-refractivity contribution is -0.131. The van der Waals surface area contributed by atoms with Crippen molar-refractivity contribution in [1.29, 1.82) is 0 Å². The van der Waals surface area contributed by atoms with Crippen LogP contribution < -0.4 is 0 Å². The van der Waals surface area contributed by atoms with Gasteiger partial charge < -0.3 is 10.1 Å². The summed E-state index contributed by atoms with van der Waals surface area (Å²) in [5, 5.41) is 8.61. The lowest BCUT2D eigenvalue weighted by Crippen LogP contribution is -1.91. The van der Waals surface area contributed by atoms with Crippen molar-refractivity contribution in [3.63, 3.8) is 0 Å². The molecule has 2 aromatic carbocycles. The van der Waals surface area contributed by atoms with E-state index in [4.69, 9.17) is 5.11 Å². The Bertz CT molecular complexity index is 851. The van der Waals surface area contributed by atoms with E-state index in [1.807, 2.05) is 42.5 Å². The summed E-state index contributed by atoms with van der Waals surface area (Å²) in [6, 6.07) is 13.7. The summed E-state index contributed by atoms with van der Waals surface area (Å²) >= 11 is 3.44. The van der Waals surface area contributed by atoms with Crippen LogP contribution in [0, 0.1) is 0 Å². The average molecular weight is 357 g/mol. The maximum atomic E-state index is 10.5. The third-order valence-electron chi connectivity index (χ3n) is 3.26. The van der Waals surface area contributed by atoms with Crippen LogP contribution in [0.5, 0.6) is 0 Å². The molecule has 0 spiro atoms. The topological polar surface area (TPSA) is 66.0 Å². The molecule has 0 unspecified atom stereocenters. The van der Waals surface area contributed by atoms with Crippen LogP contribution in [-0.2, 0) is 11.2 Å². The Morgan fingerprint density at radius 2 is 2.00 bits per heavy atom. The van der Waals surface area contributed by atoms with E-state index in [9.17, 15) is 4.79 Å². The monoisotopic (exact) mass is 356 g/mol. The highest BCUT2D eigenvalue weighted by atomic mass is 79.9. The van der Waals surface area contributed by atoms with E-state index < -0.39 is 5.97 Å². The van der Waals surface area contributed by atoms with Gasteiger partial charge >= 0.3 is 5.97 Å². The molecule has 3 rings (SSSR count). The van der Waals surface area contributed by atoms with Gasteiger partial charge in [0.1, 0.15) is 5.82 Å². The molecule has 0 aliphatic heterocycles. The normalized spacial score (nSPS) is 11.3. The predicted molar refractivity (Wildman–Crippen MR) is 89.7 cm³/mol. The number of hydrogen-bond acceptors (Lipinski definition) is 2. The molecular formula is C17H13BrN2O2. The molecule has 2 N–H and O–H groups in total. The molecule has 1 aromatic heterocycles. The van der Waals surface area contributed by atoms with Crippen LogP contribution in [0.4, 0.5) is 0 Å². The predicted octanol–water partition coefficient (Wildman–Crippen LogP) is 4.01. The SMILES string of the molecule is O=C(O)/C=C/c1ccc(Cc2nc3cc(Br)ccc3[nH]2)cc1. The second-order valence-corrected chi connectivity index (χ2v) is 5.85. The minimum absolute atomic E-state index is 0.704. The molecule has 0 saturated carbocycles. The summed E-state index contributed by atoms with van der Waals surface area (Å²) in [6.07, 6.45) is 3.41. The quantitative estimate of drug-likeness (QED) is 0.694. The van der Waals surface area contributed by atoms with Crippen molar-refractivity contribution in [3.8, 4) is 0 Å². The summed E-state index contributed by atoms with van der Waals surface area (Å²) in [4.78, 5) is 18.4. The Hall–Kier alpha value is -2.40. The van der Waals surface area contributed by atoms with Crippen molar-refractivity contribution >= 4 is 39.0 Å². The van der Waals surface area contributed by atoms with Gasteiger partial charge in [-0.2, -0.15) is 0 Å². The number of hydrogen-bond donors (Lipinski definition) is 2. The standard InChI is InChI=1S/C17H13BrN2O2/c18-13-6-7-14-15(10-13)20-16(19-14)9-12-3-1-11(2-4-12)5-8-17(21)22/h1-8,10H,9H2,(H,19,20)(H,21,22)/b8-5+. The van der Waals surface area contributed by atoms with E-state index in [0.29, 0.717) is 6.42 Å². The fraction of sp³-hybridized carbons (Fsp3) is 0.0588. The average Bonchev–Trinajstić information content (AvgIpc) is 2.87. The number of rotatable bonds is 4. The van der Waals surface area contributed by atoms with Gasteiger partial charge in [0, 0.05) is 17.0 Å². The Labute approximate surface area is 135 Å². The van der Waals surface area contributed by atoms with E-state index in [1.165, 1.54) is 0 Å². The van der Waals surface area contributed by atoms with Crippen LogP contribution in [0.3, 0.4) is 0 Å². The first-order valence-electron chi connectivity index (χ1n) is 6.74. The molecular weight excluding hydrogens is 344 g/mol. The van der Waals surface area contributed by atoms with Crippen LogP contribution >= 0.6 is 15.9 Å². The molecule has 0 aliphatic rings. The third kappa shape index (κ3) is 3.43. The Balaban J connectivity index is 1.78. The van der Waals surface area contributed by atoms with Crippen molar-refractivity contribution in [2.75, 3.05) is 0 Å². The molecule has 0 amide bonds. The molecule has 0 radical (unpaired) electrons. The van der Waals surface area contributed by atoms with Crippen molar-refractivity contribution in [2.45, 2.75) is 6.42 Å². The second-order valence-electron chi connectivity index (χ2n) is 4.93. The number of halogens is 1. The van der Waals surface area contributed by atoms with Crippen molar-refractivity contribution in [3.05, 3.63) is 70.0 Å². The fourth-order valence-corrected chi connectivity index (χ4v) is 2.57. The van der Waals surface area contributed by atoms with Crippen LogP contribution in [0.2, 0.25) is 0 Å². The van der Waals surface area contributed by atoms with Gasteiger partial charge in [0.15, 0.2) is 0 Å². The van der Waals surface area contributed by atoms with E-state index >= 15 is 0 Å². The van der Waals surface area contributed by atoms with Crippen LogP contribution in [-0.4, -0.2) is 21.0 Å². The number of carboxylic acid groups (broad SMARTS) is 1. The van der Waals surface area contributed by atoms with E-state index in [-0.39, 0.29) is 0 Å². The van der Waals surface area contributed by atoms with Gasteiger partial charge in [0.05, 0.1) is 11.0 Å². The molecule has 0 aliphatic carbocycles. The van der Waals surface area contributed by atoms with E-state index in [1.54, 1.807) is 6.08 Å². The first kappa shape index (κ1) is 14.5. The molecule has 5 heteroatoms. The zero-order valence-corrected chi connectivity index (χ0v) is 13.2. The van der Waals surface area contributed by atoms with Gasteiger partial charge in [-0.05, 0) is 35.4 Å². The first-order chi connectivity index (χ1) is 10.6. The number of benzene rings is 2. The zero-order valence-electron chi connectivity index (χ0n) is 11.6. The minimum atomic E-state index is -0.947. The third-order valence-corrected chi connectivity index (χ3v) is 3.76. The minimum Gasteiger partial charge on any atom is -0.478 e. The van der Waals surface area contributed by atoms with Crippen molar-refractivity contribution < 1.29 is 9.90 Å². The van der Waals surface area contributed by atoms with Gasteiger partial charge in [-0.25, -0.2) is 9.78 Å². The number of aromatic nitrogens is 2. The van der Waals surface area contributed by atoms with Crippen molar-refractivity contribution in [2.24, 2.45) is 0 Å². The number of carbonyl (C=O) groups is 1. The Kier molecular flexibility index (Phi) is 4.06. The molecule has 110 valence electrons. The number of imidazole rings is 1. The molecule has 3 aromatic rings. The van der Waals surface area contributed by atoms with Crippen LogP contribution in [0.1, 0.15) is 17.0 Å². The molecule has 4 nitrogen and oxygen atoms in total. The van der Waals surface area contributed by atoms with E-state index in [2.05, 4.69) is 25.9 Å². The molecule has 0 bridgehead atoms. The summed E-state index contributed by atoms with van der Waals surface area (Å²) in [5.41, 5.74) is 3.93. The number of nitrogens with one attached hydrogen (secondary N) is 1. The maximum absolute atomic E-state index is 10.5. The highest BCUT2D eigenvalue weighted by Gasteiger charge is 2.04. The Morgan fingerprint density at radius 3 is 2.73 bits per heavy atom. The maximum Gasteiger partial charge on any atom is 0.328 e. The first-order valence-corrected chi connectivity index (χ1v) is 7.53. The van der Waals surface area contributed by atoms with Crippen LogP contribution in [0.15, 0.2) is 53.0 Å². The number of fused-ring (bicyclic) bond motifs is 1. The molecule has 0 fully saturated rings. The summed E-state index contributed by atoms with van der Waals surface area (Å²) in [5.74, 6) is -0.0422. The second kappa shape index (κ2) is 6.15. The molecule has 1 heterocycles. The summed E-state index contributed by atoms with van der Waals surface area (Å²) in [7, 11) is 0. The summed E-state index contributed by atoms with van der Waals surface area (Å²) in [6.45, 7) is 0. The lowest BCUT2D eigenvalue weighted by atomic mass is 10.1. The van der Waals surface area contributed by atoms with Gasteiger partial charge in [0.2, 0.25) is 0 Å². The largest absolute Gasteiger partial charge is 0.478 e. The van der Waals surface area contributed by atoms with Gasteiger partial charge in [0.25, 0.3) is 0 Å². The van der Waals surface area contributed by atoms with Gasteiger partial charge in [-0.1, -0.05) is 40.2 Å². The summed E-state index contributed by atoms with van der Waals surface area (Å²) < 4.78 is 1.01. The number of aliphatic carboxylic acids is 1. The molecule has 0 atom stereocenters. The smallest absolute Gasteiger partial charge is 0.328 e. The number of carboxylic acids is 1. The van der Waals surface area contributed by atoms with Crippen LogP contribution in [0.25, 0.3) is 17.1 Å².